The van der Waals surface area contributed by atoms with Crippen molar-refractivity contribution in [2.75, 3.05) is 5.32 Å². The van der Waals surface area contributed by atoms with Crippen molar-refractivity contribution in [1.82, 2.24) is 4.98 Å². The van der Waals surface area contributed by atoms with Crippen LogP contribution in [0.1, 0.15) is 24.2 Å². The highest BCUT2D eigenvalue weighted by Crippen LogP contribution is 2.26. The van der Waals surface area contributed by atoms with Gasteiger partial charge in [-0.25, -0.2) is 4.98 Å². The van der Waals surface area contributed by atoms with E-state index in [-0.39, 0.29) is 12.0 Å². The fraction of sp³-hybridized carbons (Fsp3) is 0.176. The van der Waals surface area contributed by atoms with E-state index in [1.54, 1.807) is 24.3 Å². The highest BCUT2D eigenvalue weighted by Gasteiger charge is 2.10. The lowest BCUT2D eigenvalue weighted by molar-refractivity contribution is 0.102. The molecule has 0 spiro atoms. The summed E-state index contributed by atoms with van der Waals surface area (Å²) in [6.45, 7) is 3.93. The number of anilines is 1. The van der Waals surface area contributed by atoms with Crippen molar-refractivity contribution in [3.63, 3.8) is 0 Å². The first-order valence-corrected chi connectivity index (χ1v) is 7.87. The normalized spacial score (nSPS) is 10.9. The number of amides is 1. The lowest BCUT2D eigenvalue weighted by Gasteiger charge is -2.09. The second-order valence-electron chi connectivity index (χ2n) is 5.13. The molecule has 0 saturated heterocycles. The molecule has 4 nitrogen and oxygen atoms in total. The van der Waals surface area contributed by atoms with Gasteiger partial charge in [-0.05, 0) is 50.2 Å². The van der Waals surface area contributed by atoms with Crippen molar-refractivity contribution in [3.05, 3.63) is 54.1 Å². The molecule has 0 fully saturated rings. The number of rotatable bonds is 4. The zero-order valence-electron chi connectivity index (χ0n) is 12.4. The van der Waals surface area contributed by atoms with E-state index in [1.165, 1.54) is 11.3 Å². The van der Waals surface area contributed by atoms with Crippen molar-refractivity contribution in [3.8, 4) is 5.75 Å². The molecule has 1 amide bonds. The van der Waals surface area contributed by atoms with E-state index < -0.39 is 0 Å². The molecule has 0 aliphatic rings. The number of ether oxygens (including phenoxy) is 1. The molecule has 112 valence electrons. The minimum Gasteiger partial charge on any atom is -0.491 e. The van der Waals surface area contributed by atoms with Gasteiger partial charge in [0.05, 0.1) is 16.3 Å². The van der Waals surface area contributed by atoms with Gasteiger partial charge in [-0.2, -0.15) is 0 Å². The summed E-state index contributed by atoms with van der Waals surface area (Å²) in [5.41, 5.74) is 1.47. The smallest absolute Gasteiger partial charge is 0.257 e. The highest BCUT2D eigenvalue weighted by molar-refractivity contribution is 7.22. The monoisotopic (exact) mass is 312 g/mol. The van der Waals surface area contributed by atoms with Crippen molar-refractivity contribution in [1.29, 1.82) is 0 Å². The molecular weight excluding hydrogens is 296 g/mol. The van der Waals surface area contributed by atoms with E-state index in [2.05, 4.69) is 10.3 Å². The fourth-order valence-electron chi connectivity index (χ4n) is 2.05. The summed E-state index contributed by atoms with van der Waals surface area (Å²) in [7, 11) is 0. The molecule has 22 heavy (non-hydrogen) atoms. The molecule has 1 heterocycles. The molecule has 0 bridgehead atoms. The number of nitrogens with zero attached hydrogens (tertiary/aromatic N) is 1. The number of para-hydroxylation sites is 1. The Morgan fingerprint density at radius 1 is 1.14 bits per heavy atom. The summed E-state index contributed by atoms with van der Waals surface area (Å²) in [6.07, 6.45) is 0.113. The lowest BCUT2D eigenvalue weighted by atomic mass is 10.2. The van der Waals surface area contributed by atoms with Gasteiger partial charge in [0.15, 0.2) is 5.13 Å². The molecule has 0 unspecified atom stereocenters. The third-order valence-electron chi connectivity index (χ3n) is 3.00. The van der Waals surface area contributed by atoms with Gasteiger partial charge in [0.2, 0.25) is 0 Å². The van der Waals surface area contributed by atoms with Gasteiger partial charge in [0.25, 0.3) is 5.91 Å². The molecule has 0 saturated carbocycles. The second kappa shape index (κ2) is 6.15. The van der Waals surface area contributed by atoms with Gasteiger partial charge in [-0.15, -0.1) is 0 Å². The van der Waals surface area contributed by atoms with Crippen LogP contribution in [-0.4, -0.2) is 17.0 Å². The Hall–Kier alpha value is -2.40. The van der Waals surface area contributed by atoms with Crippen LogP contribution >= 0.6 is 11.3 Å². The minimum absolute atomic E-state index is 0.113. The van der Waals surface area contributed by atoms with Gasteiger partial charge in [-0.1, -0.05) is 23.5 Å². The van der Waals surface area contributed by atoms with Gasteiger partial charge >= 0.3 is 0 Å². The molecule has 1 N–H and O–H groups in total. The average Bonchev–Trinajstić information content (AvgIpc) is 2.89. The molecule has 3 rings (SSSR count). The Kier molecular flexibility index (Phi) is 4.06. The van der Waals surface area contributed by atoms with Crippen LogP contribution in [0.5, 0.6) is 5.75 Å². The number of aromatic nitrogens is 1. The summed E-state index contributed by atoms with van der Waals surface area (Å²) in [5, 5.41) is 3.44. The molecule has 2 aromatic carbocycles. The van der Waals surface area contributed by atoms with Gasteiger partial charge in [-0.3, -0.25) is 10.1 Å². The van der Waals surface area contributed by atoms with E-state index in [1.807, 2.05) is 38.1 Å². The van der Waals surface area contributed by atoms with Crippen molar-refractivity contribution in [2.45, 2.75) is 20.0 Å². The molecule has 0 atom stereocenters. The average molecular weight is 312 g/mol. The Morgan fingerprint density at radius 3 is 2.55 bits per heavy atom. The summed E-state index contributed by atoms with van der Waals surface area (Å²) < 4.78 is 6.62. The number of carbonyl (C=O) groups is 1. The zero-order valence-corrected chi connectivity index (χ0v) is 13.2. The fourth-order valence-corrected chi connectivity index (χ4v) is 2.91. The van der Waals surface area contributed by atoms with Crippen LogP contribution in [0.15, 0.2) is 48.5 Å². The Labute approximate surface area is 132 Å². The third-order valence-corrected chi connectivity index (χ3v) is 3.95. The molecular formula is C17H16N2O2S. The van der Waals surface area contributed by atoms with Crippen LogP contribution in [0.2, 0.25) is 0 Å². The number of hydrogen-bond donors (Lipinski definition) is 1. The zero-order chi connectivity index (χ0) is 15.5. The maximum Gasteiger partial charge on any atom is 0.257 e. The molecule has 5 heteroatoms. The van der Waals surface area contributed by atoms with E-state index in [0.717, 1.165) is 16.0 Å². The van der Waals surface area contributed by atoms with E-state index >= 15 is 0 Å². The van der Waals surface area contributed by atoms with Crippen LogP contribution in [0.4, 0.5) is 5.13 Å². The predicted molar refractivity (Wildman–Crippen MR) is 89.8 cm³/mol. The summed E-state index contributed by atoms with van der Waals surface area (Å²) >= 11 is 1.46. The van der Waals surface area contributed by atoms with Crippen molar-refractivity contribution < 1.29 is 9.53 Å². The number of nitrogens with one attached hydrogen (secondary N) is 1. The molecule has 0 aliphatic heterocycles. The molecule has 3 aromatic rings. The lowest BCUT2D eigenvalue weighted by Crippen LogP contribution is -2.11. The van der Waals surface area contributed by atoms with Gasteiger partial charge in [0, 0.05) is 5.56 Å². The van der Waals surface area contributed by atoms with Crippen LogP contribution in [0.25, 0.3) is 10.2 Å². The highest BCUT2D eigenvalue weighted by atomic mass is 32.1. The predicted octanol–water partition coefficient (Wildman–Crippen LogP) is 4.34. The standard InChI is InChI=1S/C17H16N2O2S/c1-11(2)21-13-9-7-12(8-10-13)16(20)19-17-18-14-5-3-4-6-15(14)22-17/h3-11H,1-2H3,(H,18,19,20). The Morgan fingerprint density at radius 2 is 1.86 bits per heavy atom. The number of hydrogen-bond acceptors (Lipinski definition) is 4. The quantitative estimate of drug-likeness (QED) is 0.780. The Bertz CT molecular complexity index is 761. The minimum atomic E-state index is -0.171. The van der Waals surface area contributed by atoms with Crippen LogP contribution in [0, 0.1) is 0 Å². The first-order valence-electron chi connectivity index (χ1n) is 7.05. The van der Waals surface area contributed by atoms with E-state index in [4.69, 9.17) is 4.74 Å². The van der Waals surface area contributed by atoms with E-state index in [0.29, 0.717) is 10.7 Å². The number of thiazole rings is 1. The maximum atomic E-state index is 12.2. The molecule has 1 aromatic heterocycles. The summed E-state index contributed by atoms with van der Waals surface area (Å²) in [6, 6.07) is 14.9. The first-order chi connectivity index (χ1) is 10.6. The van der Waals surface area contributed by atoms with Gasteiger partial charge < -0.3 is 4.74 Å². The number of carbonyl (C=O) groups excluding carboxylic acids is 1. The van der Waals surface area contributed by atoms with Crippen LogP contribution in [0.3, 0.4) is 0 Å². The van der Waals surface area contributed by atoms with Crippen molar-refractivity contribution in [2.24, 2.45) is 0 Å². The maximum absolute atomic E-state index is 12.2. The van der Waals surface area contributed by atoms with Crippen LogP contribution in [-0.2, 0) is 0 Å². The topological polar surface area (TPSA) is 51.2 Å². The van der Waals surface area contributed by atoms with E-state index in [9.17, 15) is 4.79 Å². The van der Waals surface area contributed by atoms with Crippen molar-refractivity contribution >= 4 is 32.6 Å². The SMILES string of the molecule is CC(C)Oc1ccc(C(=O)Nc2nc3ccccc3s2)cc1. The number of benzene rings is 2. The van der Waals surface area contributed by atoms with Gasteiger partial charge in [0.1, 0.15) is 5.75 Å². The summed E-state index contributed by atoms with van der Waals surface area (Å²) in [5.74, 6) is 0.585. The molecule has 0 aliphatic carbocycles. The largest absolute Gasteiger partial charge is 0.491 e. The third kappa shape index (κ3) is 3.26. The first kappa shape index (κ1) is 14.5. The number of fused-ring (bicyclic) bond motifs is 1. The second-order valence-corrected chi connectivity index (χ2v) is 6.16. The summed E-state index contributed by atoms with van der Waals surface area (Å²) in [4.78, 5) is 16.6. The Balaban J connectivity index is 1.73. The van der Waals surface area contributed by atoms with Crippen LogP contribution < -0.4 is 10.1 Å². The molecule has 0 radical (unpaired) electrons.